The van der Waals surface area contributed by atoms with Crippen molar-refractivity contribution in [2.75, 3.05) is 58.0 Å². The molecule has 1 aromatic heterocycles. The third-order valence-corrected chi connectivity index (χ3v) is 5.68. The molecule has 10 heteroatoms. The summed E-state index contributed by atoms with van der Waals surface area (Å²) in [7, 11) is 0. The number of hydrogen-bond acceptors (Lipinski definition) is 7. The highest BCUT2D eigenvalue weighted by atomic mass is 16.5. The quantitative estimate of drug-likeness (QED) is 0.589. The van der Waals surface area contributed by atoms with Gasteiger partial charge in [-0.25, -0.2) is 4.98 Å². The van der Waals surface area contributed by atoms with Crippen LogP contribution in [-0.2, 0) is 20.7 Å². The number of hydrogen-bond donors (Lipinski definition) is 2. The number of amides is 2. The van der Waals surface area contributed by atoms with Crippen LogP contribution in [0.3, 0.4) is 0 Å². The average molecular weight is 444 g/mol. The predicted octanol–water partition coefficient (Wildman–Crippen LogP) is 0.836. The number of primary amides is 1. The molecule has 3 heterocycles. The van der Waals surface area contributed by atoms with Gasteiger partial charge in [-0.05, 0) is 12.5 Å². The van der Waals surface area contributed by atoms with E-state index in [0.717, 1.165) is 44.8 Å². The van der Waals surface area contributed by atoms with Crippen LogP contribution in [0.5, 0.6) is 5.75 Å². The monoisotopic (exact) mass is 443 g/mol. The van der Waals surface area contributed by atoms with Crippen molar-refractivity contribution in [1.82, 2.24) is 14.5 Å². The van der Waals surface area contributed by atoms with Crippen molar-refractivity contribution in [1.29, 1.82) is 0 Å². The van der Waals surface area contributed by atoms with Gasteiger partial charge in [-0.1, -0.05) is 18.2 Å². The molecule has 0 aliphatic carbocycles. The number of nitrogens with zero attached hydrogens (tertiary/aromatic N) is 3. The van der Waals surface area contributed by atoms with E-state index in [1.807, 2.05) is 24.3 Å². The van der Waals surface area contributed by atoms with Gasteiger partial charge in [0.1, 0.15) is 18.2 Å². The number of ether oxygens (including phenoxy) is 3. The van der Waals surface area contributed by atoms with Crippen molar-refractivity contribution in [3.05, 3.63) is 41.9 Å². The topological polar surface area (TPSA) is 121 Å². The lowest BCUT2D eigenvalue weighted by Crippen LogP contribution is -2.38. The van der Waals surface area contributed by atoms with Gasteiger partial charge in [0.15, 0.2) is 5.69 Å². The first-order valence-electron chi connectivity index (χ1n) is 10.9. The van der Waals surface area contributed by atoms with Crippen molar-refractivity contribution in [2.45, 2.75) is 18.9 Å². The molecule has 3 N–H and O–H groups in total. The summed E-state index contributed by atoms with van der Waals surface area (Å²) < 4.78 is 18.5. The molecule has 0 bridgehead atoms. The van der Waals surface area contributed by atoms with E-state index < -0.39 is 5.91 Å². The first-order valence-corrected chi connectivity index (χ1v) is 10.9. The van der Waals surface area contributed by atoms with E-state index in [-0.39, 0.29) is 24.1 Å². The summed E-state index contributed by atoms with van der Waals surface area (Å²) in [6, 6.07) is 7.47. The van der Waals surface area contributed by atoms with E-state index >= 15 is 0 Å². The second-order valence-corrected chi connectivity index (χ2v) is 7.87. The van der Waals surface area contributed by atoms with Crippen molar-refractivity contribution in [3.8, 4) is 5.75 Å². The van der Waals surface area contributed by atoms with Crippen LogP contribution in [0.1, 0.15) is 28.5 Å². The third kappa shape index (κ3) is 5.45. The van der Waals surface area contributed by atoms with Crippen molar-refractivity contribution in [3.63, 3.8) is 0 Å². The zero-order chi connectivity index (χ0) is 22.3. The molecule has 2 aliphatic rings. The predicted molar refractivity (Wildman–Crippen MR) is 117 cm³/mol. The first kappa shape index (κ1) is 22.3. The maximum Gasteiger partial charge on any atom is 0.271 e. The van der Waals surface area contributed by atoms with Crippen LogP contribution >= 0.6 is 0 Å². The second-order valence-electron chi connectivity index (χ2n) is 7.87. The summed E-state index contributed by atoms with van der Waals surface area (Å²) in [5.74, 6) is 0.00894. The molecular weight excluding hydrogens is 414 g/mol. The zero-order valence-electron chi connectivity index (χ0n) is 18.0. The molecule has 0 radical (unpaired) electrons. The van der Waals surface area contributed by atoms with Gasteiger partial charge in [0.2, 0.25) is 5.91 Å². The summed E-state index contributed by atoms with van der Waals surface area (Å²) in [6.45, 7) is 5.73. The number of anilines is 1. The molecule has 172 valence electrons. The number of imidazole rings is 1. The Morgan fingerprint density at radius 3 is 2.75 bits per heavy atom. The maximum absolute atomic E-state index is 12.9. The van der Waals surface area contributed by atoms with Crippen LogP contribution < -0.4 is 15.8 Å². The standard InChI is InChI=1S/C22H29N5O5/c23-21(29)20-22(27(15-24-20)17-5-9-31-14-17)25-19(28)13-16-3-1-2-4-18(16)32-12-8-26-6-10-30-11-7-26/h1-4,15,17H,5-14H2,(H2,23,29)(H,25,28). The normalized spacial score (nSPS) is 19.1. The summed E-state index contributed by atoms with van der Waals surface area (Å²) in [6.07, 6.45) is 2.40. The fraction of sp³-hybridized carbons (Fsp3) is 0.500. The number of nitrogens with two attached hydrogens (primary N) is 1. The Labute approximate surface area is 186 Å². The van der Waals surface area contributed by atoms with Gasteiger partial charge in [-0.3, -0.25) is 14.5 Å². The van der Waals surface area contributed by atoms with Gasteiger partial charge in [-0.2, -0.15) is 0 Å². The molecule has 0 spiro atoms. The van der Waals surface area contributed by atoms with Crippen molar-refractivity contribution in [2.24, 2.45) is 5.73 Å². The zero-order valence-corrected chi connectivity index (χ0v) is 18.0. The van der Waals surface area contributed by atoms with Gasteiger partial charge in [0.05, 0.1) is 38.6 Å². The Hall–Kier alpha value is -2.95. The second kappa shape index (κ2) is 10.6. The van der Waals surface area contributed by atoms with E-state index in [1.54, 1.807) is 4.57 Å². The number of carbonyl (C=O) groups is 2. The van der Waals surface area contributed by atoms with Crippen LogP contribution in [0, 0.1) is 0 Å². The maximum atomic E-state index is 12.9. The number of aromatic nitrogens is 2. The fourth-order valence-corrected chi connectivity index (χ4v) is 3.93. The minimum absolute atomic E-state index is 0.00158. The van der Waals surface area contributed by atoms with E-state index in [2.05, 4.69) is 15.2 Å². The first-order chi connectivity index (χ1) is 15.6. The minimum atomic E-state index is -0.690. The summed E-state index contributed by atoms with van der Waals surface area (Å²) in [4.78, 5) is 31.1. The SMILES string of the molecule is NC(=O)c1ncn(C2CCOC2)c1NC(=O)Cc1ccccc1OCCN1CCOCC1. The molecule has 2 saturated heterocycles. The van der Waals surface area contributed by atoms with Gasteiger partial charge in [0.25, 0.3) is 5.91 Å². The van der Waals surface area contributed by atoms with Crippen LogP contribution in [0.25, 0.3) is 0 Å². The van der Waals surface area contributed by atoms with Gasteiger partial charge >= 0.3 is 0 Å². The van der Waals surface area contributed by atoms with Gasteiger partial charge < -0.3 is 29.8 Å². The van der Waals surface area contributed by atoms with Crippen LogP contribution in [-0.4, -0.2) is 78.9 Å². The highest BCUT2D eigenvalue weighted by molar-refractivity contribution is 6.01. The molecule has 1 atom stereocenters. The van der Waals surface area contributed by atoms with Crippen LogP contribution in [0.2, 0.25) is 0 Å². The minimum Gasteiger partial charge on any atom is -0.492 e. The molecule has 2 aliphatic heterocycles. The summed E-state index contributed by atoms with van der Waals surface area (Å²) in [5.41, 5.74) is 6.27. The van der Waals surface area contributed by atoms with Crippen molar-refractivity contribution >= 4 is 17.6 Å². The smallest absolute Gasteiger partial charge is 0.271 e. The van der Waals surface area contributed by atoms with Crippen LogP contribution in [0.15, 0.2) is 30.6 Å². The Kier molecular flexibility index (Phi) is 7.35. The Morgan fingerprint density at radius 2 is 2.00 bits per heavy atom. The molecule has 1 aromatic carbocycles. The molecule has 32 heavy (non-hydrogen) atoms. The lowest BCUT2D eigenvalue weighted by Gasteiger charge is -2.26. The molecule has 10 nitrogen and oxygen atoms in total. The number of carbonyl (C=O) groups excluding carboxylic acids is 2. The van der Waals surface area contributed by atoms with Crippen molar-refractivity contribution < 1.29 is 23.8 Å². The number of benzene rings is 1. The molecule has 0 saturated carbocycles. The molecule has 2 amide bonds. The van der Waals surface area contributed by atoms with Crippen LogP contribution in [0.4, 0.5) is 5.82 Å². The number of rotatable bonds is 9. The molecular formula is C22H29N5O5. The lowest BCUT2D eigenvalue weighted by atomic mass is 10.1. The molecule has 4 rings (SSSR count). The Morgan fingerprint density at radius 1 is 1.19 bits per heavy atom. The number of nitrogens with one attached hydrogen (secondary N) is 1. The lowest BCUT2D eigenvalue weighted by molar-refractivity contribution is -0.115. The van der Waals surface area contributed by atoms with E-state index in [4.69, 9.17) is 19.9 Å². The van der Waals surface area contributed by atoms with E-state index in [1.165, 1.54) is 6.33 Å². The Balaban J connectivity index is 1.40. The number of para-hydroxylation sites is 1. The largest absolute Gasteiger partial charge is 0.492 e. The van der Waals surface area contributed by atoms with Gasteiger partial charge in [-0.15, -0.1) is 0 Å². The summed E-state index contributed by atoms with van der Waals surface area (Å²) in [5, 5.41) is 2.83. The third-order valence-electron chi connectivity index (χ3n) is 5.68. The number of morpholine rings is 1. The molecule has 2 fully saturated rings. The van der Waals surface area contributed by atoms with E-state index in [9.17, 15) is 9.59 Å². The fourth-order valence-electron chi connectivity index (χ4n) is 3.93. The van der Waals surface area contributed by atoms with Gasteiger partial charge in [0, 0.05) is 31.8 Å². The Bertz CT molecular complexity index is 935. The summed E-state index contributed by atoms with van der Waals surface area (Å²) >= 11 is 0. The highest BCUT2D eigenvalue weighted by Gasteiger charge is 2.25. The highest BCUT2D eigenvalue weighted by Crippen LogP contribution is 2.26. The molecule has 2 aromatic rings. The molecule has 1 unspecified atom stereocenters. The van der Waals surface area contributed by atoms with E-state index in [0.29, 0.717) is 31.4 Å². The average Bonchev–Trinajstić information content (AvgIpc) is 3.45.